The minimum Gasteiger partial charge on any atom is -0.353 e. The lowest BCUT2D eigenvalue weighted by molar-refractivity contribution is -0.123. The van der Waals surface area contributed by atoms with E-state index in [2.05, 4.69) is 12.2 Å². The molecule has 3 nitrogen and oxygen atoms in total. The van der Waals surface area contributed by atoms with Crippen LogP contribution in [0.25, 0.3) is 0 Å². The number of amides is 1. The van der Waals surface area contributed by atoms with E-state index < -0.39 is 0 Å². The van der Waals surface area contributed by atoms with Gasteiger partial charge in [0.25, 0.3) is 0 Å². The van der Waals surface area contributed by atoms with Crippen molar-refractivity contribution in [1.29, 1.82) is 0 Å². The number of rotatable bonds is 4. The molecule has 2 unspecified atom stereocenters. The number of hydrogen-bond donors (Lipinski definition) is 2. The Morgan fingerprint density at radius 2 is 1.95 bits per heavy atom. The Morgan fingerprint density at radius 3 is 2.63 bits per heavy atom. The SMILES string of the molecule is CCC1CCCC(NC(=O)CC2(N)CCCCC2)C1. The van der Waals surface area contributed by atoms with E-state index in [0.29, 0.717) is 12.5 Å². The molecule has 0 aromatic heterocycles. The van der Waals surface area contributed by atoms with Crippen LogP contribution in [-0.2, 0) is 4.79 Å². The Morgan fingerprint density at radius 1 is 1.21 bits per heavy atom. The maximum absolute atomic E-state index is 12.2. The van der Waals surface area contributed by atoms with E-state index in [4.69, 9.17) is 5.73 Å². The second-order valence-corrected chi connectivity index (χ2v) is 6.81. The summed E-state index contributed by atoms with van der Waals surface area (Å²) >= 11 is 0. The van der Waals surface area contributed by atoms with Crippen molar-refractivity contribution in [3.63, 3.8) is 0 Å². The second kappa shape index (κ2) is 6.74. The third kappa shape index (κ3) is 4.48. The van der Waals surface area contributed by atoms with Crippen LogP contribution in [0.3, 0.4) is 0 Å². The average Bonchev–Trinajstić information content (AvgIpc) is 2.39. The van der Waals surface area contributed by atoms with Crippen LogP contribution < -0.4 is 11.1 Å². The number of hydrogen-bond acceptors (Lipinski definition) is 2. The van der Waals surface area contributed by atoms with E-state index in [-0.39, 0.29) is 11.4 Å². The second-order valence-electron chi connectivity index (χ2n) is 6.81. The molecule has 1 amide bonds. The largest absolute Gasteiger partial charge is 0.353 e. The van der Waals surface area contributed by atoms with Crippen molar-refractivity contribution in [2.45, 2.75) is 89.1 Å². The summed E-state index contributed by atoms with van der Waals surface area (Å²) in [5.74, 6) is 0.992. The van der Waals surface area contributed by atoms with Crippen molar-refractivity contribution < 1.29 is 4.79 Å². The van der Waals surface area contributed by atoms with Crippen molar-refractivity contribution in [1.82, 2.24) is 5.32 Å². The van der Waals surface area contributed by atoms with Gasteiger partial charge in [0.15, 0.2) is 0 Å². The van der Waals surface area contributed by atoms with Gasteiger partial charge in [0.2, 0.25) is 5.91 Å². The molecular formula is C16H30N2O. The molecule has 0 radical (unpaired) electrons. The van der Waals surface area contributed by atoms with E-state index in [9.17, 15) is 4.79 Å². The normalized spacial score (nSPS) is 30.8. The zero-order chi connectivity index (χ0) is 13.7. The number of carbonyl (C=O) groups is 1. The monoisotopic (exact) mass is 266 g/mol. The summed E-state index contributed by atoms with van der Waals surface area (Å²) in [6, 6.07) is 0.401. The van der Waals surface area contributed by atoms with Gasteiger partial charge in [-0.3, -0.25) is 4.79 Å². The molecule has 0 aliphatic heterocycles. The molecule has 2 fully saturated rings. The summed E-state index contributed by atoms with van der Waals surface area (Å²) in [7, 11) is 0. The molecule has 2 saturated carbocycles. The van der Waals surface area contributed by atoms with E-state index in [1.54, 1.807) is 0 Å². The van der Waals surface area contributed by atoms with Crippen LogP contribution in [0.5, 0.6) is 0 Å². The average molecular weight is 266 g/mol. The topological polar surface area (TPSA) is 55.1 Å². The summed E-state index contributed by atoms with van der Waals surface area (Å²) in [5, 5.41) is 3.24. The molecule has 0 aromatic rings. The van der Waals surface area contributed by atoms with Gasteiger partial charge in [-0.15, -0.1) is 0 Å². The molecule has 2 atom stereocenters. The van der Waals surface area contributed by atoms with Crippen LogP contribution in [0.15, 0.2) is 0 Å². The highest BCUT2D eigenvalue weighted by Gasteiger charge is 2.31. The molecule has 2 aliphatic rings. The third-order valence-electron chi connectivity index (χ3n) is 5.09. The highest BCUT2D eigenvalue weighted by atomic mass is 16.1. The first-order valence-corrected chi connectivity index (χ1v) is 8.19. The van der Waals surface area contributed by atoms with Crippen LogP contribution in [0, 0.1) is 5.92 Å². The van der Waals surface area contributed by atoms with Gasteiger partial charge in [0.1, 0.15) is 0 Å². The summed E-state index contributed by atoms with van der Waals surface area (Å²) in [6.07, 6.45) is 12.4. The fourth-order valence-electron chi connectivity index (χ4n) is 3.82. The first-order valence-electron chi connectivity index (χ1n) is 8.19. The van der Waals surface area contributed by atoms with E-state index >= 15 is 0 Å². The van der Waals surface area contributed by atoms with Crippen LogP contribution in [-0.4, -0.2) is 17.5 Å². The molecule has 0 saturated heterocycles. The minimum atomic E-state index is -0.221. The van der Waals surface area contributed by atoms with Crippen LogP contribution in [0.2, 0.25) is 0 Å². The van der Waals surface area contributed by atoms with Gasteiger partial charge < -0.3 is 11.1 Å². The quantitative estimate of drug-likeness (QED) is 0.821. The summed E-state index contributed by atoms with van der Waals surface area (Å²) < 4.78 is 0. The first-order chi connectivity index (χ1) is 9.11. The van der Waals surface area contributed by atoms with E-state index in [0.717, 1.165) is 25.2 Å². The standard InChI is InChI=1S/C16H30N2O/c1-2-13-7-6-8-14(11-13)18-15(19)12-16(17)9-4-3-5-10-16/h13-14H,2-12,17H2,1H3,(H,18,19). The molecule has 2 rings (SSSR count). The molecule has 0 spiro atoms. The highest BCUT2D eigenvalue weighted by Crippen LogP contribution is 2.30. The zero-order valence-corrected chi connectivity index (χ0v) is 12.4. The molecular weight excluding hydrogens is 236 g/mol. The van der Waals surface area contributed by atoms with Crippen molar-refractivity contribution >= 4 is 5.91 Å². The predicted molar refractivity (Wildman–Crippen MR) is 78.8 cm³/mol. The van der Waals surface area contributed by atoms with Gasteiger partial charge in [-0.2, -0.15) is 0 Å². The van der Waals surface area contributed by atoms with Gasteiger partial charge in [0, 0.05) is 18.0 Å². The Balaban J connectivity index is 1.77. The van der Waals surface area contributed by atoms with Gasteiger partial charge >= 0.3 is 0 Å². The molecule has 0 heterocycles. The number of nitrogens with one attached hydrogen (secondary N) is 1. The Bertz CT molecular complexity index is 297. The molecule has 3 heteroatoms. The zero-order valence-electron chi connectivity index (χ0n) is 12.4. The van der Waals surface area contributed by atoms with Crippen molar-refractivity contribution in [3.05, 3.63) is 0 Å². The van der Waals surface area contributed by atoms with Gasteiger partial charge in [0.05, 0.1) is 0 Å². The minimum absolute atomic E-state index is 0.186. The number of nitrogens with two attached hydrogens (primary N) is 1. The lowest BCUT2D eigenvalue weighted by atomic mass is 9.79. The predicted octanol–water partition coefficient (Wildman–Crippen LogP) is 3.12. The van der Waals surface area contributed by atoms with Crippen molar-refractivity contribution in [2.75, 3.05) is 0 Å². The van der Waals surface area contributed by atoms with Gasteiger partial charge in [-0.25, -0.2) is 0 Å². The first kappa shape index (κ1) is 14.8. The third-order valence-corrected chi connectivity index (χ3v) is 5.09. The lowest BCUT2D eigenvalue weighted by Gasteiger charge is -2.34. The number of carbonyl (C=O) groups excluding carboxylic acids is 1. The summed E-state index contributed by atoms with van der Waals surface area (Å²) in [4.78, 5) is 12.2. The van der Waals surface area contributed by atoms with E-state index in [1.165, 1.54) is 44.9 Å². The Kier molecular flexibility index (Phi) is 5.26. The molecule has 19 heavy (non-hydrogen) atoms. The molecule has 3 N–H and O–H groups in total. The van der Waals surface area contributed by atoms with Crippen molar-refractivity contribution in [3.8, 4) is 0 Å². The molecule has 0 aromatic carbocycles. The summed E-state index contributed by atoms with van der Waals surface area (Å²) in [6.45, 7) is 2.26. The van der Waals surface area contributed by atoms with Gasteiger partial charge in [-0.1, -0.05) is 45.4 Å². The molecule has 2 aliphatic carbocycles. The fraction of sp³-hybridized carbons (Fsp3) is 0.938. The fourth-order valence-corrected chi connectivity index (χ4v) is 3.82. The van der Waals surface area contributed by atoms with Gasteiger partial charge in [-0.05, 0) is 31.6 Å². The maximum atomic E-state index is 12.2. The molecule has 0 bridgehead atoms. The smallest absolute Gasteiger partial charge is 0.222 e. The lowest BCUT2D eigenvalue weighted by Crippen LogP contribution is -2.48. The maximum Gasteiger partial charge on any atom is 0.222 e. The Hall–Kier alpha value is -0.570. The van der Waals surface area contributed by atoms with Crippen LogP contribution in [0.4, 0.5) is 0 Å². The summed E-state index contributed by atoms with van der Waals surface area (Å²) in [5.41, 5.74) is 6.14. The van der Waals surface area contributed by atoms with Crippen molar-refractivity contribution in [2.24, 2.45) is 11.7 Å². The Labute approximate surface area is 117 Å². The van der Waals surface area contributed by atoms with E-state index in [1.807, 2.05) is 0 Å². The van der Waals surface area contributed by atoms with Crippen LogP contribution >= 0.6 is 0 Å². The molecule has 110 valence electrons. The van der Waals surface area contributed by atoms with Crippen LogP contribution in [0.1, 0.15) is 77.6 Å². The highest BCUT2D eigenvalue weighted by molar-refractivity contribution is 5.77.